The molecule has 1 aromatic carbocycles. The van der Waals surface area contributed by atoms with E-state index in [0.717, 1.165) is 12.1 Å². The Bertz CT molecular complexity index is 536. The van der Waals surface area contributed by atoms with Crippen LogP contribution < -0.4 is 0 Å². The van der Waals surface area contributed by atoms with E-state index < -0.39 is 17.2 Å². The molecule has 2 rings (SSSR count). The highest BCUT2D eigenvalue weighted by atomic mass is 35.5. The number of ether oxygens (including phenoxy) is 1. The number of morpholine rings is 1. The Morgan fingerprint density at radius 2 is 2.14 bits per heavy atom. The molecule has 116 valence electrons. The second kappa shape index (κ2) is 6.28. The average Bonchev–Trinajstić information content (AvgIpc) is 2.41. The van der Waals surface area contributed by atoms with E-state index in [9.17, 15) is 13.6 Å². The van der Waals surface area contributed by atoms with Crippen molar-refractivity contribution < 1.29 is 18.3 Å². The molecule has 0 aromatic heterocycles. The van der Waals surface area contributed by atoms with Crippen molar-refractivity contribution in [2.75, 3.05) is 19.0 Å². The van der Waals surface area contributed by atoms with Crippen LogP contribution in [-0.4, -0.2) is 41.5 Å². The predicted molar refractivity (Wildman–Crippen MR) is 76.3 cm³/mol. The number of halogens is 3. The number of hydrogen-bond donors (Lipinski definition) is 0. The summed E-state index contributed by atoms with van der Waals surface area (Å²) in [6.45, 7) is 4.64. The minimum absolute atomic E-state index is 0.0300. The summed E-state index contributed by atoms with van der Waals surface area (Å²) in [6.07, 6.45) is -0.188. The van der Waals surface area contributed by atoms with Crippen molar-refractivity contribution in [3.63, 3.8) is 0 Å². The molecular formula is C15H18ClF2NO2. The van der Waals surface area contributed by atoms with E-state index in [0.29, 0.717) is 24.5 Å². The van der Waals surface area contributed by atoms with Gasteiger partial charge >= 0.3 is 0 Å². The molecule has 1 fully saturated rings. The first kappa shape index (κ1) is 16.2. The van der Waals surface area contributed by atoms with Crippen molar-refractivity contribution in [3.05, 3.63) is 35.4 Å². The van der Waals surface area contributed by atoms with Crippen LogP contribution in [0.1, 0.15) is 19.4 Å². The molecule has 1 aliphatic heterocycles. The highest BCUT2D eigenvalue weighted by Gasteiger charge is 2.35. The molecule has 0 saturated carbocycles. The Morgan fingerprint density at radius 1 is 1.43 bits per heavy atom. The molecule has 1 unspecified atom stereocenters. The lowest BCUT2D eigenvalue weighted by Gasteiger charge is -2.42. The predicted octanol–water partition coefficient (Wildman–Crippen LogP) is 2.75. The number of hydrogen-bond acceptors (Lipinski definition) is 2. The molecule has 1 amide bonds. The maximum Gasteiger partial charge on any atom is 0.227 e. The summed E-state index contributed by atoms with van der Waals surface area (Å²) in [4.78, 5) is 14.0. The zero-order valence-electron chi connectivity index (χ0n) is 12.0. The summed E-state index contributed by atoms with van der Waals surface area (Å²) in [5.41, 5.74) is -0.0211. The molecule has 1 aliphatic rings. The minimum atomic E-state index is -0.943. The lowest BCUT2D eigenvalue weighted by atomic mass is 10.0. The summed E-state index contributed by atoms with van der Waals surface area (Å²) in [6, 6.07) is 3.50. The molecule has 1 atom stereocenters. The Morgan fingerprint density at radius 3 is 2.76 bits per heavy atom. The van der Waals surface area contributed by atoms with Crippen LogP contribution in [0.5, 0.6) is 0 Å². The number of carbonyl (C=O) groups excluding carboxylic acids is 1. The molecule has 0 N–H and O–H groups in total. The lowest BCUT2D eigenvalue weighted by Crippen LogP contribution is -2.55. The summed E-state index contributed by atoms with van der Waals surface area (Å²) >= 11 is 5.82. The van der Waals surface area contributed by atoms with Gasteiger partial charge in [-0.05, 0) is 31.5 Å². The molecule has 3 nitrogen and oxygen atoms in total. The van der Waals surface area contributed by atoms with Gasteiger partial charge in [-0.15, -0.1) is 11.6 Å². The summed E-state index contributed by atoms with van der Waals surface area (Å²) < 4.78 is 31.8. The van der Waals surface area contributed by atoms with Gasteiger partial charge in [0.1, 0.15) is 0 Å². The first-order valence-corrected chi connectivity index (χ1v) is 7.29. The molecule has 1 saturated heterocycles. The van der Waals surface area contributed by atoms with E-state index in [4.69, 9.17) is 16.3 Å². The van der Waals surface area contributed by atoms with Crippen molar-refractivity contribution in [1.29, 1.82) is 0 Å². The molecular weight excluding hydrogens is 300 g/mol. The molecule has 0 radical (unpaired) electrons. The molecule has 0 spiro atoms. The minimum Gasteiger partial charge on any atom is -0.367 e. The van der Waals surface area contributed by atoms with Gasteiger partial charge in [0.25, 0.3) is 0 Å². The van der Waals surface area contributed by atoms with Crippen LogP contribution in [0.15, 0.2) is 18.2 Å². The normalized spacial score (nSPS) is 21.4. The van der Waals surface area contributed by atoms with Crippen molar-refractivity contribution in [1.82, 2.24) is 4.90 Å². The van der Waals surface area contributed by atoms with Crippen LogP contribution in [-0.2, 0) is 16.0 Å². The van der Waals surface area contributed by atoms with Crippen LogP contribution >= 0.6 is 11.6 Å². The number of amides is 1. The van der Waals surface area contributed by atoms with Gasteiger partial charge in [-0.1, -0.05) is 6.07 Å². The fourth-order valence-electron chi connectivity index (χ4n) is 2.50. The van der Waals surface area contributed by atoms with Crippen LogP contribution in [0.25, 0.3) is 0 Å². The van der Waals surface area contributed by atoms with Gasteiger partial charge in [0.15, 0.2) is 11.6 Å². The highest BCUT2D eigenvalue weighted by Crippen LogP contribution is 2.22. The second-order valence-electron chi connectivity index (χ2n) is 5.85. The number of nitrogens with zero attached hydrogens (tertiary/aromatic N) is 1. The fraction of sp³-hybridized carbons (Fsp3) is 0.533. The standard InChI is InChI=1S/C15H18ClF2NO2/c1-15(2)9-19(8-11(7-16)21-15)14(20)6-10-3-4-12(17)13(18)5-10/h3-5,11H,6-9H2,1-2H3. The maximum absolute atomic E-state index is 13.2. The zero-order chi connectivity index (χ0) is 15.6. The van der Waals surface area contributed by atoms with Gasteiger partial charge in [0.05, 0.1) is 24.0 Å². The zero-order valence-corrected chi connectivity index (χ0v) is 12.8. The first-order chi connectivity index (χ1) is 9.80. The third-order valence-electron chi connectivity index (χ3n) is 3.35. The lowest BCUT2D eigenvalue weighted by molar-refractivity contribution is -0.156. The molecule has 1 heterocycles. The summed E-state index contributed by atoms with van der Waals surface area (Å²) in [5.74, 6) is -1.70. The van der Waals surface area contributed by atoms with Crippen LogP contribution in [0, 0.1) is 11.6 Å². The van der Waals surface area contributed by atoms with Gasteiger partial charge in [0, 0.05) is 13.1 Å². The summed E-state index contributed by atoms with van der Waals surface area (Å²) in [5, 5.41) is 0. The monoisotopic (exact) mass is 317 g/mol. The molecule has 0 bridgehead atoms. The van der Waals surface area contributed by atoms with Crippen LogP contribution in [0.2, 0.25) is 0 Å². The second-order valence-corrected chi connectivity index (χ2v) is 6.16. The van der Waals surface area contributed by atoms with E-state index >= 15 is 0 Å². The maximum atomic E-state index is 13.2. The molecule has 0 aliphatic carbocycles. The smallest absolute Gasteiger partial charge is 0.227 e. The van der Waals surface area contributed by atoms with E-state index in [2.05, 4.69) is 0 Å². The molecule has 6 heteroatoms. The van der Waals surface area contributed by atoms with E-state index in [-0.39, 0.29) is 18.4 Å². The number of benzene rings is 1. The van der Waals surface area contributed by atoms with Crippen molar-refractivity contribution in [2.45, 2.75) is 32.0 Å². The van der Waals surface area contributed by atoms with Gasteiger partial charge in [-0.25, -0.2) is 8.78 Å². The largest absolute Gasteiger partial charge is 0.367 e. The Labute approximate surface area is 127 Å². The van der Waals surface area contributed by atoms with Gasteiger partial charge in [-0.2, -0.15) is 0 Å². The van der Waals surface area contributed by atoms with Crippen molar-refractivity contribution in [2.24, 2.45) is 0 Å². The van der Waals surface area contributed by atoms with Gasteiger partial charge in [-0.3, -0.25) is 4.79 Å². The van der Waals surface area contributed by atoms with Crippen LogP contribution in [0.3, 0.4) is 0 Å². The Kier molecular flexibility index (Phi) is 4.84. The van der Waals surface area contributed by atoms with E-state index in [1.807, 2.05) is 13.8 Å². The summed E-state index contributed by atoms with van der Waals surface area (Å²) in [7, 11) is 0. The fourth-order valence-corrected chi connectivity index (χ4v) is 2.66. The van der Waals surface area contributed by atoms with E-state index in [1.165, 1.54) is 6.07 Å². The molecule has 21 heavy (non-hydrogen) atoms. The van der Waals surface area contributed by atoms with Crippen molar-refractivity contribution >= 4 is 17.5 Å². The van der Waals surface area contributed by atoms with Crippen LogP contribution in [0.4, 0.5) is 8.78 Å². The Hall–Kier alpha value is -1.20. The number of rotatable bonds is 3. The number of carbonyl (C=O) groups is 1. The molecule has 1 aromatic rings. The number of alkyl halides is 1. The Balaban J connectivity index is 2.06. The van der Waals surface area contributed by atoms with Crippen molar-refractivity contribution in [3.8, 4) is 0 Å². The third kappa shape index (κ3) is 4.14. The SMILES string of the molecule is CC1(C)CN(C(=O)Cc2ccc(F)c(F)c2)CC(CCl)O1. The highest BCUT2D eigenvalue weighted by molar-refractivity contribution is 6.18. The first-order valence-electron chi connectivity index (χ1n) is 6.76. The average molecular weight is 318 g/mol. The third-order valence-corrected chi connectivity index (χ3v) is 3.69. The van der Waals surface area contributed by atoms with Gasteiger partial charge in [0.2, 0.25) is 5.91 Å². The van der Waals surface area contributed by atoms with E-state index in [1.54, 1.807) is 4.90 Å². The topological polar surface area (TPSA) is 29.5 Å². The van der Waals surface area contributed by atoms with Gasteiger partial charge < -0.3 is 9.64 Å². The quantitative estimate of drug-likeness (QED) is 0.802.